The molecule has 6 N–H and O–H groups in total. The second-order valence-electron chi connectivity index (χ2n) is 9.84. The van der Waals surface area contributed by atoms with Gasteiger partial charge in [0.05, 0.1) is 23.3 Å². The van der Waals surface area contributed by atoms with Crippen molar-refractivity contribution in [1.82, 2.24) is 20.3 Å². The van der Waals surface area contributed by atoms with Crippen LogP contribution in [0.3, 0.4) is 0 Å². The van der Waals surface area contributed by atoms with Gasteiger partial charge in [0.1, 0.15) is 0 Å². The summed E-state index contributed by atoms with van der Waals surface area (Å²) in [5.74, 6) is 12.9. The maximum atomic E-state index is 6.30. The summed E-state index contributed by atoms with van der Waals surface area (Å²) >= 11 is 0. The normalized spacial score (nSPS) is 10.2. The fourth-order valence-corrected chi connectivity index (χ4v) is 4.68. The Kier molecular flexibility index (Phi) is 14.8. The van der Waals surface area contributed by atoms with Crippen LogP contribution >= 0.6 is 0 Å². The number of aromatic nitrogens is 2. The molecular weight excluding hydrogens is 516 g/mol. The van der Waals surface area contributed by atoms with Crippen molar-refractivity contribution in [2.75, 3.05) is 32.0 Å². The van der Waals surface area contributed by atoms with Crippen LogP contribution in [0.2, 0.25) is 0 Å². The molecule has 2 aromatic heterocycles. The molecule has 0 saturated heterocycles. The molecule has 42 heavy (non-hydrogen) atoms. The minimum atomic E-state index is 0.673. The van der Waals surface area contributed by atoms with E-state index in [1.807, 2.05) is 26.1 Å². The molecule has 0 aliphatic carbocycles. The Morgan fingerprint density at radius 2 is 1.76 bits per heavy atom. The first-order valence-corrected chi connectivity index (χ1v) is 15.0. The number of nitrogens with zero attached hydrogens (tertiary/aromatic N) is 2. The first-order chi connectivity index (χ1) is 20.5. The van der Waals surface area contributed by atoms with Gasteiger partial charge in [0.15, 0.2) is 0 Å². The lowest BCUT2D eigenvalue weighted by molar-refractivity contribution is 0.611. The molecule has 4 rings (SSSR count). The van der Waals surface area contributed by atoms with E-state index < -0.39 is 0 Å². The summed E-state index contributed by atoms with van der Waals surface area (Å²) in [5, 5.41) is 9.01. The molecule has 2 aromatic carbocycles. The van der Waals surface area contributed by atoms with Crippen LogP contribution in [-0.4, -0.2) is 35.8 Å². The van der Waals surface area contributed by atoms with E-state index >= 15 is 0 Å². The first-order valence-electron chi connectivity index (χ1n) is 15.0. The van der Waals surface area contributed by atoms with Crippen molar-refractivity contribution >= 4 is 27.5 Å². The maximum Gasteiger partial charge on any atom is 0.0738 e. The number of nitrogens with two attached hydrogens (primary N) is 2. The lowest BCUT2D eigenvalue weighted by Gasteiger charge is -2.14. The number of hydrogen-bond acceptors (Lipinski definition) is 5. The quantitative estimate of drug-likeness (QED) is 0.0885. The standard InChI is InChI=1S/C32H40N6.C2H6.C2H2/c1-4-16-36-24(3)26-21-31(29-22-38(34)32-14-11-23(2)19-28(29)32)37-30-13-12-25(20-27(26)30)10-9-18-35-17-8-6-5-7-15-33;2*1-2/h11-14,19-22,35-36H,3-8,15-18,33-34H2,1-2H3;1-2H3;1-2H. The smallest absolute Gasteiger partial charge is 0.0738 e. The number of aryl methyl sites for hydroxylation is 1. The third kappa shape index (κ3) is 9.14. The Hall–Kier alpha value is -4.23. The van der Waals surface area contributed by atoms with E-state index in [-0.39, 0.29) is 0 Å². The van der Waals surface area contributed by atoms with Crippen LogP contribution in [0.4, 0.5) is 0 Å². The number of pyridine rings is 1. The second kappa shape index (κ2) is 18.3. The minimum Gasteiger partial charge on any atom is -0.385 e. The molecule has 0 fully saturated rings. The molecule has 6 nitrogen and oxygen atoms in total. The molecule has 2 heterocycles. The van der Waals surface area contributed by atoms with Crippen molar-refractivity contribution in [2.24, 2.45) is 5.73 Å². The molecule has 4 aromatic rings. The van der Waals surface area contributed by atoms with Crippen LogP contribution in [0.25, 0.3) is 38.8 Å². The molecule has 222 valence electrons. The van der Waals surface area contributed by atoms with Crippen LogP contribution in [0.15, 0.2) is 55.2 Å². The Labute approximate surface area is 252 Å². The summed E-state index contributed by atoms with van der Waals surface area (Å²) < 4.78 is 1.67. The average molecular weight is 565 g/mol. The molecule has 6 heteroatoms. The van der Waals surface area contributed by atoms with Crippen LogP contribution in [0.5, 0.6) is 0 Å². The largest absolute Gasteiger partial charge is 0.385 e. The van der Waals surface area contributed by atoms with E-state index in [1.165, 1.54) is 18.4 Å². The molecule has 0 unspecified atom stereocenters. The monoisotopic (exact) mass is 564 g/mol. The number of terminal acetylenes is 1. The number of unbranched alkanes of at least 4 members (excludes halogenated alkanes) is 3. The molecule has 0 atom stereocenters. The van der Waals surface area contributed by atoms with Crippen LogP contribution in [0, 0.1) is 31.6 Å². The van der Waals surface area contributed by atoms with Crippen molar-refractivity contribution in [3.63, 3.8) is 0 Å². The second-order valence-corrected chi connectivity index (χ2v) is 9.84. The Balaban J connectivity index is 0.00000148. The molecule has 0 bridgehead atoms. The van der Waals surface area contributed by atoms with Gasteiger partial charge in [-0.15, -0.1) is 12.8 Å². The van der Waals surface area contributed by atoms with Gasteiger partial charge in [-0.25, -0.2) is 4.98 Å². The molecule has 0 saturated carbocycles. The predicted octanol–water partition coefficient (Wildman–Crippen LogP) is 6.58. The van der Waals surface area contributed by atoms with E-state index in [0.29, 0.717) is 6.54 Å². The van der Waals surface area contributed by atoms with Gasteiger partial charge in [0, 0.05) is 45.9 Å². The van der Waals surface area contributed by atoms with E-state index in [0.717, 1.165) is 88.8 Å². The zero-order chi connectivity index (χ0) is 30.9. The molecule has 0 aliphatic rings. The Morgan fingerprint density at radius 3 is 2.50 bits per heavy atom. The number of fused-ring (bicyclic) bond motifs is 2. The number of nitrogens with one attached hydrogen (secondary N) is 2. The van der Waals surface area contributed by atoms with Gasteiger partial charge in [-0.3, -0.25) is 4.68 Å². The fourth-order valence-electron chi connectivity index (χ4n) is 4.68. The van der Waals surface area contributed by atoms with Gasteiger partial charge in [-0.1, -0.05) is 63.7 Å². The number of rotatable bonds is 12. The Bertz CT molecular complexity index is 1520. The lowest BCUT2D eigenvalue weighted by atomic mass is 10.00. The highest BCUT2D eigenvalue weighted by Gasteiger charge is 2.15. The Morgan fingerprint density at radius 1 is 1.00 bits per heavy atom. The highest BCUT2D eigenvalue weighted by molar-refractivity contribution is 5.99. The van der Waals surface area contributed by atoms with Crippen molar-refractivity contribution in [3.8, 4) is 35.9 Å². The summed E-state index contributed by atoms with van der Waals surface area (Å²) in [4.78, 5) is 5.05. The van der Waals surface area contributed by atoms with Crippen LogP contribution in [0.1, 0.15) is 69.6 Å². The third-order valence-corrected chi connectivity index (χ3v) is 6.74. The first kappa shape index (κ1) is 34.0. The topological polar surface area (TPSA) is 93.9 Å². The van der Waals surface area contributed by atoms with Gasteiger partial charge in [0.25, 0.3) is 0 Å². The summed E-state index contributed by atoms with van der Waals surface area (Å²) in [5.41, 5.74) is 13.4. The van der Waals surface area contributed by atoms with Gasteiger partial charge in [0.2, 0.25) is 0 Å². The molecular formula is C36H48N6. The number of hydrogen-bond donors (Lipinski definition) is 4. The van der Waals surface area contributed by atoms with E-state index in [1.54, 1.807) is 4.68 Å². The van der Waals surface area contributed by atoms with Crippen molar-refractivity contribution in [1.29, 1.82) is 0 Å². The predicted molar refractivity (Wildman–Crippen MR) is 183 cm³/mol. The highest BCUT2D eigenvalue weighted by atomic mass is 15.3. The molecule has 0 radical (unpaired) electrons. The molecule has 0 aliphatic heterocycles. The zero-order valence-corrected chi connectivity index (χ0v) is 25.9. The average Bonchev–Trinajstić information content (AvgIpc) is 3.35. The summed E-state index contributed by atoms with van der Waals surface area (Å²) in [6.45, 7) is 15.9. The van der Waals surface area contributed by atoms with Crippen LogP contribution < -0.4 is 22.2 Å². The van der Waals surface area contributed by atoms with Gasteiger partial charge >= 0.3 is 0 Å². The van der Waals surface area contributed by atoms with Crippen LogP contribution in [-0.2, 0) is 0 Å². The van der Waals surface area contributed by atoms with E-state index in [9.17, 15) is 0 Å². The van der Waals surface area contributed by atoms with Crippen molar-refractivity contribution < 1.29 is 0 Å². The van der Waals surface area contributed by atoms with Crippen molar-refractivity contribution in [3.05, 3.63) is 71.9 Å². The van der Waals surface area contributed by atoms with Gasteiger partial charge < -0.3 is 22.2 Å². The van der Waals surface area contributed by atoms with E-state index in [2.05, 4.69) is 92.1 Å². The lowest BCUT2D eigenvalue weighted by Crippen LogP contribution is -2.15. The zero-order valence-electron chi connectivity index (χ0n) is 25.9. The number of benzene rings is 2. The number of nitrogen functional groups attached to an aromatic ring is 1. The minimum absolute atomic E-state index is 0.673. The molecule has 0 spiro atoms. The maximum absolute atomic E-state index is 6.30. The summed E-state index contributed by atoms with van der Waals surface area (Å²) in [6.07, 6.45) is 15.6. The van der Waals surface area contributed by atoms with E-state index in [4.69, 9.17) is 16.6 Å². The summed E-state index contributed by atoms with van der Waals surface area (Å²) in [7, 11) is 0. The van der Waals surface area contributed by atoms with Crippen molar-refractivity contribution in [2.45, 2.75) is 59.8 Å². The fraction of sp³-hybridized carbons (Fsp3) is 0.361. The molecule has 0 amide bonds. The third-order valence-electron chi connectivity index (χ3n) is 6.74. The summed E-state index contributed by atoms with van der Waals surface area (Å²) in [6, 6.07) is 14.6. The highest BCUT2D eigenvalue weighted by Crippen LogP contribution is 2.33. The van der Waals surface area contributed by atoms with Gasteiger partial charge in [-0.05, 0) is 75.7 Å². The SMILES string of the molecule is C#C.C=C(NCCC)c1cc(-c2cn(N)c3ccc(C)cc23)nc2ccc(C#CCNCCCCCCN)cc12.CC. The van der Waals surface area contributed by atoms with Gasteiger partial charge in [-0.2, -0.15) is 0 Å².